The molecule has 1 N–H and O–H groups in total. The molecule has 0 unspecified atom stereocenters. The van der Waals surface area contributed by atoms with Crippen LogP contribution >= 0.6 is 15.9 Å². The average molecular weight is 760 g/mol. The van der Waals surface area contributed by atoms with Crippen LogP contribution in [0.4, 0.5) is 9.59 Å². The van der Waals surface area contributed by atoms with Gasteiger partial charge < -0.3 is 35.3 Å². The zero-order valence-electron chi connectivity index (χ0n) is 32.0. The fourth-order valence-electron chi connectivity index (χ4n) is 5.12. The predicted molar refractivity (Wildman–Crippen MR) is 195 cm³/mol. The third kappa shape index (κ3) is 20.1. The maximum atomic E-state index is 12.2. The van der Waals surface area contributed by atoms with E-state index in [1.807, 2.05) is 90.1 Å². The summed E-state index contributed by atoms with van der Waals surface area (Å²) in [5.41, 5.74) is 1.57. The van der Waals surface area contributed by atoms with E-state index in [0.29, 0.717) is 19.8 Å². The molecule has 0 spiro atoms. The first-order chi connectivity index (χ1) is 22.8. The third-order valence-corrected chi connectivity index (χ3v) is 8.11. The number of aliphatic hydroxyl groups is 1. The number of nitrogens with zero attached hydrogens (tertiary/aromatic N) is 2. The third-order valence-electron chi connectivity index (χ3n) is 7.47. The number of ether oxygens (including phenoxy) is 4. The number of halogens is 1. The van der Waals surface area contributed by atoms with Gasteiger partial charge in [-0.1, -0.05) is 76.6 Å². The minimum atomic E-state index is -0.459. The number of amides is 2. The minimum Gasteiger partial charge on any atom is -1.00 e. The van der Waals surface area contributed by atoms with Crippen LogP contribution < -0.4 is 29.6 Å². The summed E-state index contributed by atoms with van der Waals surface area (Å²) in [5.74, 6) is 0. The van der Waals surface area contributed by atoms with Gasteiger partial charge in [-0.15, -0.1) is 0 Å². The summed E-state index contributed by atoms with van der Waals surface area (Å²) in [6.45, 7) is 15.8. The molecule has 0 radical (unpaired) electrons. The summed E-state index contributed by atoms with van der Waals surface area (Å²) in [6, 6.07) is 20.4. The van der Waals surface area contributed by atoms with E-state index in [-0.39, 0.29) is 61.9 Å². The van der Waals surface area contributed by atoms with Crippen LogP contribution in [0, 0.1) is 0 Å². The molecule has 0 bridgehead atoms. The van der Waals surface area contributed by atoms with Crippen LogP contribution in [0.3, 0.4) is 0 Å². The van der Waals surface area contributed by atoms with Crippen molar-refractivity contribution in [2.75, 3.05) is 39.5 Å². The molecule has 3 aliphatic heterocycles. The first kappa shape index (κ1) is 45.4. The zero-order valence-corrected chi connectivity index (χ0v) is 34.6. The molecule has 2 aromatic rings. The van der Waals surface area contributed by atoms with Gasteiger partial charge >= 0.3 is 41.7 Å². The maximum absolute atomic E-state index is 12.2. The summed E-state index contributed by atoms with van der Waals surface area (Å²) in [7, 11) is 0. The van der Waals surface area contributed by atoms with Crippen molar-refractivity contribution in [1.29, 1.82) is 0 Å². The molecule has 2 atom stereocenters. The van der Waals surface area contributed by atoms with Crippen molar-refractivity contribution in [3.8, 4) is 0 Å². The van der Waals surface area contributed by atoms with Crippen LogP contribution in [0.1, 0.15) is 92.6 Å². The number of likely N-dealkylation sites (tertiary alicyclic amines) is 2. The molecule has 11 heteroatoms. The SMILES string of the molecule is BrCc1ccccc1.C1CCOC1.CC(C)(C)OC(=O)N1CCC[C@H]1CO.CC(C)(C)OC(=O)N1CCC[C@H]1COCc1ccccc1.[H-].[Na+]. The van der Waals surface area contributed by atoms with E-state index in [2.05, 4.69) is 28.1 Å². The Morgan fingerprint density at radius 2 is 1.22 bits per heavy atom. The second kappa shape index (κ2) is 24.5. The number of hydrogen-bond donors (Lipinski definition) is 1. The van der Waals surface area contributed by atoms with Crippen molar-refractivity contribution in [2.45, 2.75) is 115 Å². The van der Waals surface area contributed by atoms with E-state index >= 15 is 0 Å². The van der Waals surface area contributed by atoms with Crippen molar-refractivity contribution in [3.63, 3.8) is 0 Å². The predicted octanol–water partition coefficient (Wildman–Crippen LogP) is 5.48. The molecule has 0 saturated carbocycles. The molecule has 9 nitrogen and oxygen atoms in total. The van der Waals surface area contributed by atoms with Crippen LogP contribution in [0.2, 0.25) is 0 Å². The molecule has 0 aliphatic carbocycles. The van der Waals surface area contributed by atoms with Gasteiger partial charge in [-0.25, -0.2) is 9.59 Å². The maximum Gasteiger partial charge on any atom is 1.00 e. The molecule has 272 valence electrons. The van der Waals surface area contributed by atoms with E-state index in [1.54, 1.807) is 9.80 Å². The Hall–Kier alpha value is -1.66. The van der Waals surface area contributed by atoms with Crippen LogP contribution in [0.15, 0.2) is 60.7 Å². The van der Waals surface area contributed by atoms with Gasteiger partial charge in [0.2, 0.25) is 0 Å². The second-order valence-corrected chi connectivity index (χ2v) is 14.6. The van der Waals surface area contributed by atoms with E-state index < -0.39 is 11.2 Å². The number of aliphatic hydroxyl groups excluding tert-OH is 1. The van der Waals surface area contributed by atoms with Gasteiger partial charge in [0.05, 0.1) is 31.9 Å². The Kier molecular flexibility index (Phi) is 22.7. The number of hydrogen-bond acceptors (Lipinski definition) is 7. The van der Waals surface area contributed by atoms with E-state index in [0.717, 1.165) is 56.3 Å². The average Bonchev–Trinajstić information content (AvgIpc) is 3.85. The van der Waals surface area contributed by atoms with Crippen molar-refractivity contribution < 1.29 is 64.6 Å². The molecule has 0 aromatic heterocycles. The molecular formula is C38H60BrN2NaO7. The molecule has 3 saturated heterocycles. The van der Waals surface area contributed by atoms with Crippen LogP contribution in [0.25, 0.3) is 0 Å². The van der Waals surface area contributed by atoms with Crippen molar-refractivity contribution >= 4 is 28.1 Å². The fraction of sp³-hybridized carbons (Fsp3) is 0.632. The van der Waals surface area contributed by atoms with Gasteiger partial charge in [-0.05, 0) is 91.2 Å². The Balaban J connectivity index is 0.000000710. The molecular weight excluding hydrogens is 699 g/mol. The molecule has 3 heterocycles. The topological polar surface area (TPSA) is 97.8 Å². The summed E-state index contributed by atoms with van der Waals surface area (Å²) < 4.78 is 21.4. The Morgan fingerprint density at radius 1 is 0.776 bits per heavy atom. The summed E-state index contributed by atoms with van der Waals surface area (Å²) >= 11 is 3.36. The van der Waals surface area contributed by atoms with Gasteiger partial charge in [0.15, 0.2) is 0 Å². The number of rotatable bonds is 6. The molecule has 49 heavy (non-hydrogen) atoms. The van der Waals surface area contributed by atoms with E-state index in [4.69, 9.17) is 24.1 Å². The van der Waals surface area contributed by atoms with Gasteiger partial charge in [-0.2, -0.15) is 0 Å². The quantitative estimate of drug-likeness (QED) is 0.308. The second-order valence-electron chi connectivity index (χ2n) is 14.1. The zero-order chi connectivity index (χ0) is 35.4. The number of benzene rings is 2. The molecule has 3 aliphatic rings. The summed E-state index contributed by atoms with van der Waals surface area (Å²) in [5, 5.41) is 9.99. The van der Waals surface area contributed by atoms with Gasteiger partial charge in [0, 0.05) is 31.6 Å². The molecule has 5 rings (SSSR count). The molecule has 2 amide bonds. The number of alkyl halides is 1. The van der Waals surface area contributed by atoms with Crippen molar-refractivity contribution in [2.24, 2.45) is 0 Å². The van der Waals surface area contributed by atoms with Crippen LogP contribution in [-0.2, 0) is 30.9 Å². The summed E-state index contributed by atoms with van der Waals surface area (Å²) in [4.78, 5) is 27.2. The minimum absolute atomic E-state index is 0. The monoisotopic (exact) mass is 758 g/mol. The van der Waals surface area contributed by atoms with E-state index in [9.17, 15) is 9.59 Å². The number of carbonyl (C=O) groups excluding carboxylic acids is 2. The smallest absolute Gasteiger partial charge is 1.00 e. The Morgan fingerprint density at radius 3 is 1.61 bits per heavy atom. The van der Waals surface area contributed by atoms with E-state index in [1.165, 1.54) is 18.4 Å². The Bertz CT molecular complexity index is 1160. The first-order valence-electron chi connectivity index (χ1n) is 17.2. The number of carbonyl (C=O) groups is 2. The van der Waals surface area contributed by atoms with Gasteiger partial charge in [0.1, 0.15) is 11.2 Å². The summed E-state index contributed by atoms with van der Waals surface area (Å²) in [6.07, 6.45) is 5.83. The first-order valence-corrected chi connectivity index (χ1v) is 18.3. The van der Waals surface area contributed by atoms with Crippen LogP contribution in [-0.4, -0.2) is 89.9 Å². The van der Waals surface area contributed by atoms with Gasteiger partial charge in [-0.3, -0.25) is 0 Å². The standard InChI is InChI=1S/C17H25NO3.C10H19NO3.C7H7Br.C4H8O.Na.H/c1-17(2,3)21-16(19)18-11-7-10-15(18)13-20-12-14-8-5-4-6-9-14;1-10(2,3)14-9(13)11-6-4-5-8(11)7-12;8-6-7-4-2-1-3-5-7;1-2-4-5-3-1;;/h4-6,8-9,15H,7,10-13H2,1-3H3;8,12H,4-7H2,1-3H3;1-5H,6H2;1-4H2;;/q;;;;+1;-1/t15-;8-;;;;/m00..../s1. The van der Waals surface area contributed by atoms with Gasteiger partial charge in [0.25, 0.3) is 0 Å². The van der Waals surface area contributed by atoms with Crippen molar-refractivity contribution in [1.82, 2.24) is 9.80 Å². The molecule has 2 aromatic carbocycles. The molecule has 3 fully saturated rings. The largest absolute Gasteiger partial charge is 1.00 e. The normalized spacial score (nSPS) is 18.4. The van der Waals surface area contributed by atoms with Crippen molar-refractivity contribution in [3.05, 3.63) is 71.8 Å². The Labute approximate surface area is 327 Å². The van der Waals surface area contributed by atoms with Crippen LogP contribution in [0.5, 0.6) is 0 Å². The fourth-order valence-corrected chi connectivity index (χ4v) is 5.49.